The van der Waals surface area contributed by atoms with Crippen molar-refractivity contribution in [3.05, 3.63) is 41.0 Å². The maximum absolute atomic E-state index is 13.1. The van der Waals surface area contributed by atoms with Crippen LogP contribution >= 0.6 is 0 Å². The normalized spacial score (nSPS) is 22.9. The highest BCUT2D eigenvalue weighted by atomic mass is 16.7. The van der Waals surface area contributed by atoms with Crippen molar-refractivity contribution >= 4 is 17.9 Å². The summed E-state index contributed by atoms with van der Waals surface area (Å²) in [6.45, 7) is 0.0697. The van der Waals surface area contributed by atoms with Crippen molar-refractivity contribution in [2.24, 2.45) is 11.8 Å². The SMILES string of the molecule is COc1cc([C@@H]2c3cc4c(cc3[C@@H](OC(=O)CCC(=O)O)[C@H]3COC(=O)[C@H]23)OCO4)cc(OC)c1OC. The molecule has 5 rings (SSSR count). The molecule has 11 heteroatoms. The van der Waals surface area contributed by atoms with E-state index in [4.69, 9.17) is 38.3 Å². The summed E-state index contributed by atoms with van der Waals surface area (Å²) in [4.78, 5) is 36.7. The summed E-state index contributed by atoms with van der Waals surface area (Å²) in [6.07, 6.45) is -1.51. The molecule has 2 aromatic carbocycles. The van der Waals surface area contributed by atoms with Gasteiger partial charge in [-0.2, -0.15) is 0 Å². The fourth-order valence-corrected chi connectivity index (χ4v) is 5.35. The van der Waals surface area contributed by atoms with Crippen molar-refractivity contribution in [2.45, 2.75) is 24.9 Å². The van der Waals surface area contributed by atoms with E-state index < -0.39 is 41.8 Å². The van der Waals surface area contributed by atoms with Crippen molar-refractivity contribution in [2.75, 3.05) is 34.7 Å². The molecule has 37 heavy (non-hydrogen) atoms. The molecule has 2 heterocycles. The first kappa shape index (κ1) is 24.5. The summed E-state index contributed by atoms with van der Waals surface area (Å²) in [6, 6.07) is 7.09. The minimum atomic E-state index is -1.11. The van der Waals surface area contributed by atoms with Gasteiger partial charge in [-0.15, -0.1) is 0 Å². The average Bonchev–Trinajstić information content (AvgIpc) is 3.51. The van der Waals surface area contributed by atoms with Gasteiger partial charge in [-0.25, -0.2) is 0 Å². The van der Waals surface area contributed by atoms with Crippen molar-refractivity contribution < 1.29 is 52.6 Å². The van der Waals surface area contributed by atoms with E-state index in [-0.39, 0.29) is 26.2 Å². The number of carboxylic acid groups (broad SMARTS) is 1. The Morgan fingerprint density at radius 2 is 1.57 bits per heavy atom. The number of hydrogen-bond acceptors (Lipinski definition) is 10. The molecule has 0 unspecified atom stereocenters. The summed E-state index contributed by atoms with van der Waals surface area (Å²) in [5.74, 6) is -1.73. The fraction of sp³-hybridized carbons (Fsp3) is 0.423. The zero-order valence-electron chi connectivity index (χ0n) is 20.5. The molecular formula is C26H26O11. The Labute approximate surface area is 212 Å². The number of ether oxygens (including phenoxy) is 7. The van der Waals surface area contributed by atoms with E-state index in [0.717, 1.165) is 0 Å². The first-order chi connectivity index (χ1) is 17.9. The minimum absolute atomic E-state index is 0.0328. The lowest BCUT2D eigenvalue weighted by molar-refractivity contribution is -0.156. The van der Waals surface area contributed by atoms with Crippen molar-refractivity contribution in [3.8, 4) is 28.7 Å². The predicted molar refractivity (Wildman–Crippen MR) is 124 cm³/mol. The number of carbonyl (C=O) groups excluding carboxylic acids is 2. The molecule has 1 N–H and O–H groups in total. The zero-order chi connectivity index (χ0) is 26.3. The van der Waals surface area contributed by atoms with Crippen molar-refractivity contribution in [1.82, 2.24) is 0 Å². The van der Waals surface area contributed by atoms with E-state index in [9.17, 15) is 14.4 Å². The predicted octanol–water partition coefficient (Wildman–Crippen LogP) is 2.82. The lowest BCUT2D eigenvalue weighted by Crippen LogP contribution is -2.36. The lowest BCUT2D eigenvalue weighted by atomic mass is 9.66. The number of methoxy groups -OCH3 is 3. The van der Waals surface area contributed by atoms with Crippen LogP contribution in [0.4, 0.5) is 0 Å². The average molecular weight is 514 g/mol. The third kappa shape index (κ3) is 4.24. The molecule has 1 fully saturated rings. The van der Waals surface area contributed by atoms with Gasteiger partial charge in [-0.05, 0) is 35.4 Å². The number of benzene rings is 2. The van der Waals surface area contributed by atoms with Gasteiger partial charge in [0.15, 0.2) is 23.0 Å². The van der Waals surface area contributed by atoms with Crippen LogP contribution in [0.15, 0.2) is 24.3 Å². The number of aliphatic carboxylic acids is 1. The topological polar surface area (TPSA) is 136 Å². The van der Waals surface area contributed by atoms with Crippen LogP contribution in [0.3, 0.4) is 0 Å². The van der Waals surface area contributed by atoms with Gasteiger partial charge in [-0.1, -0.05) is 0 Å². The number of rotatable bonds is 8. The van der Waals surface area contributed by atoms with Crippen LogP contribution in [0, 0.1) is 11.8 Å². The van der Waals surface area contributed by atoms with E-state index >= 15 is 0 Å². The van der Waals surface area contributed by atoms with E-state index in [0.29, 0.717) is 45.4 Å². The molecule has 0 amide bonds. The van der Waals surface area contributed by atoms with Crippen LogP contribution in [0.1, 0.15) is 41.6 Å². The molecule has 2 aromatic rings. The van der Waals surface area contributed by atoms with Gasteiger partial charge in [0.2, 0.25) is 12.5 Å². The molecule has 0 aromatic heterocycles. The van der Waals surface area contributed by atoms with Crippen LogP contribution in [0.25, 0.3) is 0 Å². The first-order valence-electron chi connectivity index (χ1n) is 11.7. The Morgan fingerprint density at radius 1 is 0.919 bits per heavy atom. The smallest absolute Gasteiger partial charge is 0.310 e. The second-order valence-electron chi connectivity index (χ2n) is 8.89. The quantitative estimate of drug-likeness (QED) is 0.521. The van der Waals surface area contributed by atoms with Crippen LogP contribution in [-0.2, 0) is 23.9 Å². The molecule has 2 aliphatic heterocycles. The van der Waals surface area contributed by atoms with Crippen LogP contribution in [0.5, 0.6) is 28.7 Å². The van der Waals surface area contributed by atoms with Gasteiger partial charge in [0.05, 0.1) is 46.7 Å². The molecule has 4 atom stereocenters. The monoisotopic (exact) mass is 514 g/mol. The molecule has 11 nitrogen and oxygen atoms in total. The number of carboxylic acids is 1. The number of esters is 2. The summed E-state index contributed by atoms with van der Waals surface area (Å²) < 4.78 is 39.0. The highest BCUT2D eigenvalue weighted by Gasteiger charge is 2.54. The maximum Gasteiger partial charge on any atom is 0.310 e. The van der Waals surface area contributed by atoms with E-state index in [1.165, 1.54) is 21.3 Å². The van der Waals surface area contributed by atoms with Gasteiger partial charge in [0, 0.05) is 17.4 Å². The Kier molecular flexibility index (Phi) is 6.45. The molecule has 1 saturated heterocycles. The van der Waals surface area contributed by atoms with Crippen LogP contribution in [0.2, 0.25) is 0 Å². The second kappa shape index (κ2) is 9.72. The van der Waals surface area contributed by atoms with Gasteiger partial charge in [0.25, 0.3) is 0 Å². The molecule has 196 valence electrons. The molecular weight excluding hydrogens is 488 g/mol. The van der Waals surface area contributed by atoms with E-state index in [1.807, 2.05) is 0 Å². The zero-order valence-corrected chi connectivity index (χ0v) is 20.5. The standard InChI is InChI=1S/C26H26O11/c1-31-18-6-12(7-19(32-2)25(18)33-3)22-13-8-16-17(36-11-35-16)9-14(13)24(15-10-34-26(30)23(15)22)37-21(29)5-4-20(27)28/h6-9,15,22-24H,4-5,10-11H2,1-3H3,(H,27,28)/t15-,22+,23-,24+/m0/s1. The second-order valence-corrected chi connectivity index (χ2v) is 8.89. The summed E-state index contributed by atoms with van der Waals surface area (Å²) in [7, 11) is 4.52. The molecule has 1 aliphatic carbocycles. The number of fused-ring (bicyclic) bond motifs is 3. The number of cyclic esters (lactones) is 1. The summed E-state index contributed by atoms with van der Waals surface area (Å²) >= 11 is 0. The number of hydrogen-bond donors (Lipinski definition) is 1. The molecule has 0 bridgehead atoms. The Balaban J connectivity index is 1.66. The van der Waals surface area contributed by atoms with Gasteiger partial charge in [0.1, 0.15) is 6.10 Å². The Morgan fingerprint density at radius 3 is 2.16 bits per heavy atom. The van der Waals surface area contributed by atoms with Gasteiger partial charge in [-0.3, -0.25) is 14.4 Å². The third-order valence-electron chi connectivity index (χ3n) is 6.97. The lowest BCUT2D eigenvalue weighted by Gasteiger charge is -2.38. The fourth-order valence-electron chi connectivity index (χ4n) is 5.35. The highest BCUT2D eigenvalue weighted by molar-refractivity contribution is 5.80. The summed E-state index contributed by atoms with van der Waals surface area (Å²) in [5.41, 5.74) is 2.03. The van der Waals surface area contributed by atoms with E-state index in [2.05, 4.69) is 0 Å². The first-order valence-corrected chi connectivity index (χ1v) is 11.7. The minimum Gasteiger partial charge on any atom is -0.493 e. The molecule has 0 spiro atoms. The molecule has 0 radical (unpaired) electrons. The largest absolute Gasteiger partial charge is 0.493 e. The van der Waals surface area contributed by atoms with E-state index in [1.54, 1.807) is 24.3 Å². The van der Waals surface area contributed by atoms with Crippen LogP contribution in [-0.4, -0.2) is 57.7 Å². The van der Waals surface area contributed by atoms with Crippen molar-refractivity contribution in [1.29, 1.82) is 0 Å². The Bertz CT molecular complexity index is 1230. The Hall–Kier alpha value is -4.15. The summed E-state index contributed by atoms with van der Waals surface area (Å²) in [5, 5.41) is 8.97. The molecule has 3 aliphatic rings. The third-order valence-corrected chi connectivity index (χ3v) is 6.97. The maximum atomic E-state index is 13.1. The van der Waals surface area contributed by atoms with Gasteiger partial charge >= 0.3 is 17.9 Å². The van der Waals surface area contributed by atoms with Crippen molar-refractivity contribution in [3.63, 3.8) is 0 Å². The molecule has 0 saturated carbocycles. The van der Waals surface area contributed by atoms with Gasteiger partial charge < -0.3 is 38.3 Å². The van der Waals surface area contributed by atoms with Crippen LogP contribution < -0.4 is 23.7 Å². The number of carbonyl (C=O) groups is 3. The highest BCUT2D eigenvalue weighted by Crippen LogP contribution is 2.56.